The van der Waals surface area contributed by atoms with Crippen LogP contribution in [0, 0.1) is 17.8 Å². The van der Waals surface area contributed by atoms with E-state index in [0.29, 0.717) is 12.5 Å². The molecule has 4 heteroatoms. The van der Waals surface area contributed by atoms with Gasteiger partial charge in [-0.25, -0.2) is 0 Å². The zero-order valence-electron chi connectivity index (χ0n) is 10.5. The lowest BCUT2D eigenvalue weighted by atomic mass is 10.00. The zero-order valence-corrected chi connectivity index (χ0v) is 11.3. The van der Waals surface area contributed by atoms with Crippen molar-refractivity contribution >= 4 is 23.6 Å². The smallest absolute Gasteiger partial charge is 0.232 e. The minimum absolute atomic E-state index is 0.00245. The van der Waals surface area contributed by atoms with Crippen molar-refractivity contribution in [3.8, 4) is 0 Å². The first-order valence-corrected chi connectivity index (χ1v) is 7.03. The number of amides is 2. The summed E-state index contributed by atoms with van der Waals surface area (Å²) in [7, 11) is 0. The maximum atomic E-state index is 11.8. The largest absolute Gasteiger partial charge is 0.281 e. The van der Waals surface area contributed by atoms with Gasteiger partial charge in [0, 0.05) is 24.1 Å². The summed E-state index contributed by atoms with van der Waals surface area (Å²) in [6.45, 7) is 8.59. The fourth-order valence-corrected chi connectivity index (χ4v) is 2.67. The minimum atomic E-state index is -0.136. The molecule has 0 saturated carbocycles. The van der Waals surface area contributed by atoms with Crippen molar-refractivity contribution < 1.29 is 9.59 Å². The Bertz CT molecular complexity index is 258. The molecule has 0 aromatic carbocycles. The molecule has 0 aromatic heterocycles. The van der Waals surface area contributed by atoms with Crippen LogP contribution in [0.3, 0.4) is 0 Å². The molecule has 1 aliphatic rings. The number of thioether (sulfide) groups is 1. The molecule has 0 aliphatic carbocycles. The molecule has 1 aliphatic heterocycles. The molecular formula is C12H21NO2S. The number of carbonyl (C=O) groups excluding carboxylic acids is 2. The van der Waals surface area contributed by atoms with Gasteiger partial charge in [-0.3, -0.25) is 14.5 Å². The van der Waals surface area contributed by atoms with Gasteiger partial charge in [0.25, 0.3) is 0 Å². The second-order valence-corrected chi connectivity index (χ2v) is 6.02. The van der Waals surface area contributed by atoms with Crippen LogP contribution in [-0.2, 0) is 9.59 Å². The number of imide groups is 1. The van der Waals surface area contributed by atoms with Gasteiger partial charge in [-0.05, 0) is 11.7 Å². The maximum Gasteiger partial charge on any atom is 0.232 e. The highest BCUT2D eigenvalue weighted by Crippen LogP contribution is 2.25. The molecule has 0 aromatic rings. The molecule has 0 radical (unpaired) electrons. The van der Waals surface area contributed by atoms with Crippen molar-refractivity contribution in [3.63, 3.8) is 0 Å². The van der Waals surface area contributed by atoms with E-state index in [-0.39, 0.29) is 23.7 Å². The highest BCUT2D eigenvalue weighted by Gasteiger charge is 2.41. The molecule has 2 amide bonds. The standard InChI is InChI=1S/C12H21NO2S/c1-8(2)7-16-6-5-13-11(14)9(3)10(4)12(13)15/h8-10H,5-7H2,1-4H3. The van der Waals surface area contributed by atoms with Crippen molar-refractivity contribution in [3.05, 3.63) is 0 Å². The van der Waals surface area contributed by atoms with Gasteiger partial charge in [0.1, 0.15) is 0 Å². The van der Waals surface area contributed by atoms with E-state index in [2.05, 4.69) is 13.8 Å². The monoisotopic (exact) mass is 243 g/mol. The van der Waals surface area contributed by atoms with Gasteiger partial charge in [0.05, 0.1) is 0 Å². The van der Waals surface area contributed by atoms with Crippen molar-refractivity contribution in [2.45, 2.75) is 27.7 Å². The molecule has 1 saturated heterocycles. The summed E-state index contributed by atoms with van der Waals surface area (Å²) in [6, 6.07) is 0. The summed E-state index contributed by atoms with van der Waals surface area (Å²) in [5.74, 6) is 2.33. The predicted octanol–water partition coefficient (Wildman–Crippen LogP) is 2.02. The van der Waals surface area contributed by atoms with Crippen LogP contribution in [0.4, 0.5) is 0 Å². The van der Waals surface area contributed by atoms with Crippen LogP contribution in [-0.4, -0.2) is 34.8 Å². The van der Waals surface area contributed by atoms with Gasteiger partial charge in [-0.15, -0.1) is 0 Å². The number of carbonyl (C=O) groups is 2. The van der Waals surface area contributed by atoms with E-state index >= 15 is 0 Å². The maximum absolute atomic E-state index is 11.8. The SMILES string of the molecule is CC(C)CSCCN1C(=O)C(C)C(C)C1=O. The van der Waals surface area contributed by atoms with Gasteiger partial charge >= 0.3 is 0 Å². The molecule has 16 heavy (non-hydrogen) atoms. The minimum Gasteiger partial charge on any atom is -0.281 e. The van der Waals surface area contributed by atoms with Gasteiger partial charge in [-0.1, -0.05) is 27.7 Å². The number of nitrogens with zero attached hydrogens (tertiary/aromatic N) is 1. The Balaban J connectivity index is 2.37. The Morgan fingerprint density at radius 3 is 2.12 bits per heavy atom. The molecule has 1 heterocycles. The molecule has 0 N–H and O–H groups in total. The third-order valence-electron chi connectivity index (χ3n) is 2.97. The third-order valence-corrected chi connectivity index (χ3v) is 4.35. The second kappa shape index (κ2) is 5.71. The topological polar surface area (TPSA) is 37.4 Å². The van der Waals surface area contributed by atoms with Crippen LogP contribution in [0.2, 0.25) is 0 Å². The van der Waals surface area contributed by atoms with Crippen LogP contribution in [0.25, 0.3) is 0 Å². The fraction of sp³-hybridized carbons (Fsp3) is 0.833. The van der Waals surface area contributed by atoms with E-state index < -0.39 is 0 Å². The van der Waals surface area contributed by atoms with E-state index in [4.69, 9.17) is 0 Å². The Morgan fingerprint density at radius 1 is 1.19 bits per heavy atom. The first-order valence-electron chi connectivity index (χ1n) is 5.88. The molecule has 0 spiro atoms. The summed E-state index contributed by atoms with van der Waals surface area (Å²) < 4.78 is 0. The Labute approximate surface area is 102 Å². The lowest BCUT2D eigenvalue weighted by Crippen LogP contribution is -2.33. The summed E-state index contributed by atoms with van der Waals surface area (Å²) in [5.41, 5.74) is 0. The zero-order chi connectivity index (χ0) is 12.3. The van der Waals surface area contributed by atoms with Gasteiger partial charge < -0.3 is 0 Å². The Kier molecular flexibility index (Phi) is 4.84. The number of rotatable bonds is 5. The predicted molar refractivity (Wildman–Crippen MR) is 67.2 cm³/mol. The summed E-state index contributed by atoms with van der Waals surface area (Å²) >= 11 is 1.81. The summed E-state index contributed by atoms with van der Waals surface area (Å²) in [4.78, 5) is 24.9. The van der Waals surface area contributed by atoms with Gasteiger partial charge in [-0.2, -0.15) is 11.8 Å². The second-order valence-electron chi connectivity index (χ2n) is 4.87. The molecule has 1 rings (SSSR count). The van der Waals surface area contributed by atoms with E-state index in [0.717, 1.165) is 11.5 Å². The molecular weight excluding hydrogens is 222 g/mol. The Morgan fingerprint density at radius 2 is 1.69 bits per heavy atom. The van der Waals surface area contributed by atoms with Crippen LogP contribution >= 0.6 is 11.8 Å². The molecule has 92 valence electrons. The Hall–Kier alpha value is -0.510. The molecule has 2 atom stereocenters. The number of likely N-dealkylation sites (tertiary alicyclic amines) is 1. The first kappa shape index (κ1) is 13.6. The molecule has 2 unspecified atom stereocenters. The summed E-state index contributed by atoms with van der Waals surface area (Å²) in [5, 5.41) is 0. The van der Waals surface area contributed by atoms with Crippen molar-refractivity contribution in [1.29, 1.82) is 0 Å². The summed E-state index contributed by atoms with van der Waals surface area (Å²) in [6.07, 6.45) is 0. The van der Waals surface area contributed by atoms with Gasteiger partial charge in [0.15, 0.2) is 0 Å². The highest BCUT2D eigenvalue weighted by molar-refractivity contribution is 7.99. The van der Waals surface area contributed by atoms with E-state index in [9.17, 15) is 9.59 Å². The molecule has 3 nitrogen and oxygen atoms in total. The average Bonchev–Trinajstić information content (AvgIpc) is 2.40. The van der Waals surface area contributed by atoms with Crippen molar-refractivity contribution in [2.24, 2.45) is 17.8 Å². The van der Waals surface area contributed by atoms with Crippen LogP contribution in [0.15, 0.2) is 0 Å². The highest BCUT2D eigenvalue weighted by atomic mass is 32.2. The van der Waals surface area contributed by atoms with Crippen LogP contribution in [0.5, 0.6) is 0 Å². The van der Waals surface area contributed by atoms with Gasteiger partial charge in [0.2, 0.25) is 11.8 Å². The van der Waals surface area contributed by atoms with Crippen LogP contribution < -0.4 is 0 Å². The molecule has 0 bridgehead atoms. The molecule has 1 fully saturated rings. The number of hydrogen-bond acceptors (Lipinski definition) is 3. The van der Waals surface area contributed by atoms with Crippen molar-refractivity contribution in [2.75, 3.05) is 18.1 Å². The normalized spacial score (nSPS) is 25.9. The third kappa shape index (κ3) is 3.00. The number of hydrogen-bond donors (Lipinski definition) is 0. The van der Waals surface area contributed by atoms with E-state index in [1.54, 1.807) is 0 Å². The van der Waals surface area contributed by atoms with E-state index in [1.807, 2.05) is 25.6 Å². The average molecular weight is 243 g/mol. The van der Waals surface area contributed by atoms with Crippen molar-refractivity contribution in [1.82, 2.24) is 4.90 Å². The van der Waals surface area contributed by atoms with E-state index in [1.165, 1.54) is 4.90 Å². The first-order chi connectivity index (χ1) is 7.45. The fourth-order valence-electron chi connectivity index (χ4n) is 1.72. The van der Waals surface area contributed by atoms with Crippen LogP contribution in [0.1, 0.15) is 27.7 Å². The quantitative estimate of drug-likeness (QED) is 0.547. The lowest BCUT2D eigenvalue weighted by Gasteiger charge is -2.14. The lowest BCUT2D eigenvalue weighted by molar-refractivity contribution is -0.139.